The Hall–Kier alpha value is -1.31. The molecule has 15 heavy (non-hydrogen) atoms. The van der Waals surface area contributed by atoms with E-state index in [1.54, 1.807) is 0 Å². The number of fused-ring (bicyclic) bond motifs is 1. The highest BCUT2D eigenvalue weighted by Gasteiger charge is 1.96. The summed E-state index contributed by atoms with van der Waals surface area (Å²) in [5.41, 5.74) is 3.53. The van der Waals surface area contributed by atoms with Gasteiger partial charge in [0, 0.05) is 7.05 Å². The molecule has 0 aliphatic rings. The van der Waals surface area contributed by atoms with Crippen LogP contribution in [0.3, 0.4) is 0 Å². The lowest BCUT2D eigenvalue weighted by Crippen LogP contribution is -1.82. The van der Waals surface area contributed by atoms with Crippen molar-refractivity contribution >= 4 is 11.0 Å². The van der Waals surface area contributed by atoms with Gasteiger partial charge in [0.1, 0.15) is 0 Å². The third kappa shape index (κ3) is 3.39. The van der Waals surface area contributed by atoms with Gasteiger partial charge in [-0.25, -0.2) is 4.98 Å². The van der Waals surface area contributed by atoms with Gasteiger partial charge in [-0.3, -0.25) is 0 Å². The molecular formula is C13H22N2. The van der Waals surface area contributed by atoms with E-state index in [1.165, 1.54) is 11.1 Å². The second-order valence-electron chi connectivity index (χ2n) is 2.85. The zero-order valence-corrected chi connectivity index (χ0v) is 10.7. The average Bonchev–Trinajstić information content (AvgIpc) is 2.65. The predicted octanol–water partition coefficient (Wildman–Crippen LogP) is 3.93. The van der Waals surface area contributed by atoms with E-state index < -0.39 is 0 Å². The molecule has 0 bridgehead atoms. The van der Waals surface area contributed by atoms with Crippen molar-refractivity contribution in [3.63, 3.8) is 0 Å². The van der Waals surface area contributed by atoms with Crippen molar-refractivity contribution in [2.24, 2.45) is 7.05 Å². The Bertz CT molecular complexity index is 388. The molecule has 0 saturated carbocycles. The third-order valence-electron chi connectivity index (χ3n) is 1.88. The molecule has 1 aromatic heterocycles. The topological polar surface area (TPSA) is 17.8 Å². The molecule has 2 rings (SSSR count). The van der Waals surface area contributed by atoms with E-state index in [0.717, 1.165) is 5.52 Å². The fraction of sp³-hybridized carbons (Fsp3) is 0.462. The molecule has 0 N–H and O–H groups in total. The van der Waals surface area contributed by atoms with Gasteiger partial charge in [0.15, 0.2) is 0 Å². The maximum atomic E-state index is 4.24. The summed E-state index contributed by atoms with van der Waals surface area (Å²) >= 11 is 0. The predicted molar refractivity (Wildman–Crippen MR) is 68.1 cm³/mol. The maximum absolute atomic E-state index is 4.24. The van der Waals surface area contributed by atoms with Crippen LogP contribution in [-0.2, 0) is 7.05 Å². The van der Waals surface area contributed by atoms with Crippen molar-refractivity contribution in [3.05, 3.63) is 30.1 Å². The van der Waals surface area contributed by atoms with Crippen LogP contribution in [0.1, 0.15) is 33.3 Å². The molecule has 0 radical (unpaired) electrons. The minimum Gasteiger partial charge on any atom is -0.334 e. The van der Waals surface area contributed by atoms with Crippen LogP contribution in [-0.4, -0.2) is 9.55 Å². The molecule has 0 aliphatic carbocycles. The summed E-state index contributed by atoms with van der Waals surface area (Å²) in [6.07, 6.45) is 1.84. The van der Waals surface area contributed by atoms with Crippen molar-refractivity contribution in [3.8, 4) is 0 Å². The fourth-order valence-electron chi connectivity index (χ4n) is 1.25. The average molecular weight is 206 g/mol. The van der Waals surface area contributed by atoms with E-state index in [2.05, 4.69) is 30.1 Å². The molecular weight excluding hydrogens is 184 g/mol. The van der Waals surface area contributed by atoms with Gasteiger partial charge < -0.3 is 4.57 Å². The maximum Gasteiger partial charge on any atom is 0.0955 e. The minimum absolute atomic E-state index is 1.08. The number of aromatic nitrogens is 2. The Balaban J connectivity index is 0.000000442. The van der Waals surface area contributed by atoms with E-state index in [0.29, 0.717) is 0 Å². The number of hydrogen-bond acceptors (Lipinski definition) is 1. The second-order valence-corrected chi connectivity index (χ2v) is 2.85. The van der Waals surface area contributed by atoms with Gasteiger partial charge in [-0.05, 0) is 24.6 Å². The van der Waals surface area contributed by atoms with Crippen LogP contribution >= 0.6 is 0 Å². The molecule has 0 atom stereocenters. The monoisotopic (exact) mass is 206 g/mol. The smallest absolute Gasteiger partial charge is 0.0955 e. The highest BCUT2D eigenvalue weighted by atomic mass is 15.0. The highest BCUT2D eigenvalue weighted by molar-refractivity contribution is 5.75. The number of benzene rings is 1. The summed E-state index contributed by atoms with van der Waals surface area (Å²) in [5, 5.41) is 0. The van der Waals surface area contributed by atoms with E-state index in [1.807, 2.05) is 45.6 Å². The molecule has 0 spiro atoms. The fourth-order valence-corrected chi connectivity index (χ4v) is 1.25. The zero-order valence-electron chi connectivity index (χ0n) is 10.7. The summed E-state index contributed by atoms with van der Waals surface area (Å²) in [6.45, 7) is 10.1. The molecule has 0 saturated heterocycles. The largest absolute Gasteiger partial charge is 0.334 e. The van der Waals surface area contributed by atoms with Crippen LogP contribution in [0.4, 0.5) is 0 Å². The van der Waals surface area contributed by atoms with Crippen molar-refractivity contribution in [1.29, 1.82) is 0 Å². The number of aryl methyl sites for hydroxylation is 2. The Morgan fingerprint density at radius 1 is 1.07 bits per heavy atom. The van der Waals surface area contributed by atoms with E-state index >= 15 is 0 Å². The molecule has 0 fully saturated rings. The van der Waals surface area contributed by atoms with Crippen LogP contribution in [0.15, 0.2) is 24.5 Å². The molecule has 2 heteroatoms. The summed E-state index contributed by atoms with van der Waals surface area (Å²) in [5.74, 6) is 0. The summed E-state index contributed by atoms with van der Waals surface area (Å²) in [4.78, 5) is 4.24. The Labute approximate surface area is 93.0 Å². The molecule has 2 nitrogen and oxygen atoms in total. The first-order valence-corrected chi connectivity index (χ1v) is 5.65. The molecule has 0 amide bonds. The number of imidazole rings is 1. The number of nitrogens with zero attached hydrogens (tertiary/aromatic N) is 2. The normalized spacial score (nSPS) is 8.67. The highest BCUT2D eigenvalue weighted by Crippen LogP contribution is 2.12. The van der Waals surface area contributed by atoms with Crippen molar-refractivity contribution in [1.82, 2.24) is 9.55 Å². The van der Waals surface area contributed by atoms with Crippen LogP contribution in [0.25, 0.3) is 11.0 Å². The van der Waals surface area contributed by atoms with Crippen molar-refractivity contribution in [2.75, 3.05) is 0 Å². The Morgan fingerprint density at radius 3 is 2.27 bits per heavy atom. The van der Waals surface area contributed by atoms with Gasteiger partial charge in [0.25, 0.3) is 0 Å². The van der Waals surface area contributed by atoms with Crippen LogP contribution in [0, 0.1) is 6.92 Å². The second kappa shape index (κ2) is 7.04. The first-order chi connectivity index (χ1) is 7.27. The van der Waals surface area contributed by atoms with E-state index in [-0.39, 0.29) is 0 Å². The Morgan fingerprint density at radius 2 is 1.67 bits per heavy atom. The Kier molecular flexibility index (Phi) is 6.43. The lowest BCUT2D eigenvalue weighted by molar-refractivity contribution is 0.947. The molecule has 2 aromatic rings. The van der Waals surface area contributed by atoms with E-state index in [9.17, 15) is 0 Å². The van der Waals surface area contributed by atoms with Gasteiger partial charge in [0.05, 0.1) is 17.4 Å². The molecule has 84 valence electrons. The van der Waals surface area contributed by atoms with Gasteiger partial charge in [0.2, 0.25) is 0 Å². The number of hydrogen-bond donors (Lipinski definition) is 0. The van der Waals surface area contributed by atoms with Crippen molar-refractivity contribution < 1.29 is 0 Å². The third-order valence-corrected chi connectivity index (χ3v) is 1.88. The standard InChI is InChI=1S/C9H10N2.2C2H6/c1-7-3-4-9-8(5-7)10-6-11(9)2;2*1-2/h3-6H,1-2H3;2*1-2H3. The van der Waals surface area contributed by atoms with Crippen LogP contribution in [0.5, 0.6) is 0 Å². The van der Waals surface area contributed by atoms with Crippen LogP contribution < -0.4 is 0 Å². The summed E-state index contributed by atoms with van der Waals surface area (Å²) in [7, 11) is 2.00. The SMILES string of the molecule is CC.CC.Cc1ccc2c(c1)ncn2C. The van der Waals surface area contributed by atoms with Crippen LogP contribution in [0.2, 0.25) is 0 Å². The first-order valence-electron chi connectivity index (χ1n) is 5.65. The minimum atomic E-state index is 1.08. The van der Waals surface area contributed by atoms with Gasteiger partial charge in [-0.1, -0.05) is 33.8 Å². The van der Waals surface area contributed by atoms with Crippen molar-refractivity contribution in [2.45, 2.75) is 34.6 Å². The molecule has 0 aliphatic heterocycles. The summed E-state index contributed by atoms with van der Waals surface area (Å²) < 4.78 is 2.02. The lowest BCUT2D eigenvalue weighted by atomic mass is 10.2. The van der Waals surface area contributed by atoms with E-state index in [4.69, 9.17) is 0 Å². The molecule has 1 aromatic carbocycles. The lowest BCUT2D eigenvalue weighted by Gasteiger charge is -1.93. The zero-order chi connectivity index (χ0) is 11.8. The number of rotatable bonds is 0. The summed E-state index contributed by atoms with van der Waals surface area (Å²) in [6, 6.07) is 6.29. The quantitative estimate of drug-likeness (QED) is 0.638. The van der Waals surface area contributed by atoms with Gasteiger partial charge in [-0.2, -0.15) is 0 Å². The molecule has 0 unspecified atom stereocenters. The molecule has 1 heterocycles. The first kappa shape index (κ1) is 13.7. The van der Waals surface area contributed by atoms with Gasteiger partial charge >= 0.3 is 0 Å². The van der Waals surface area contributed by atoms with Gasteiger partial charge in [-0.15, -0.1) is 0 Å².